The number of morpholine rings is 1. The fourth-order valence-electron chi connectivity index (χ4n) is 6.53. The number of anilines is 1. The van der Waals surface area contributed by atoms with E-state index in [1.54, 1.807) is 25.0 Å². The van der Waals surface area contributed by atoms with E-state index in [0.717, 1.165) is 42.9 Å². The van der Waals surface area contributed by atoms with Crippen molar-refractivity contribution in [2.24, 2.45) is 0 Å². The van der Waals surface area contributed by atoms with Crippen molar-refractivity contribution in [2.75, 3.05) is 44.9 Å². The Hall–Kier alpha value is -3.33. The molecule has 0 radical (unpaired) electrons. The van der Waals surface area contributed by atoms with Crippen LogP contribution in [0.5, 0.6) is 17.2 Å². The number of ketones is 1. The third-order valence-electron chi connectivity index (χ3n) is 8.71. The zero-order chi connectivity index (χ0) is 30.6. The zero-order valence-corrected chi connectivity index (χ0v) is 26.2. The number of ether oxygens (including phenoxy) is 4. The minimum Gasteiger partial charge on any atom is -0.494 e. The number of amidine groups is 1. The molecule has 0 aliphatic carbocycles. The Morgan fingerprint density at radius 1 is 1.07 bits per heavy atom. The second-order valence-electron chi connectivity index (χ2n) is 12.9. The number of fused-ring (bicyclic) bond motifs is 3. The van der Waals surface area contributed by atoms with E-state index in [2.05, 4.69) is 25.7 Å². The number of carbonyl (C=O) groups excluding carboxylic acids is 1. The lowest BCUT2D eigenvalue weighted by molar-refractivity contribution is 0.0303. The number of methoxy groups -OCH3 is 1. The van der Waals surface area contributed by atoms with Crippen molar-refractivity contribution in [1.29, 1.82) is 5.41 Å². The van der Waals surface area contributed by atoms with E-state index in [-0.39, 0.29) is 53.7 Å². The van der Waals surface area contributed by atoms with Crippen LogP contribution in [-0.4, -0.2) is 68.7 Å². The summed E-state index contributed by atoms with van der Waals surface area (Å²) in [7, 11) is 1.68. The highest BCUT2D eigenvalue weighted by molar-refractivity contribution is 6.07. The van der Waals surface area contributed by atoms with E-state index in [9.17, 15) is 4.79 Å². The van der Waals surface area contributed by atoms with Gasteiger partial charge in [0.2, 0.25) is 0 Å². The molecular formula is C33H44FN3O5. The number of hydrogen-bond donors (Lipinski definition) is 1. The van der Waals surface area contributed by atoms with Crippen molar-refractivity contribution in [2.45, 2.75) is 84.5 Å². The molecule has 5 rings (SSSR count). The van der Waals surface area contributed by atoms with E-state index >= 15 is 4.39 Å². The van der Waals surface area contributed by atoms with Gasteiger partial charge in [-0.1, -0.05) is 20.8 Å². The van der Waals surface area contributed by atoms with E-state index in [1.807, 2.05) is 32.9 Å². The van der Waals surface area contributed by atoms with Gasteiger partial charge in [0.25, 0.3) is 0 Å². The second kappa shape index (κ2) is 11.1. The van der Waals surface area contributed by atoms with Gasteiger partial charge in [-0.3, -0.25) is 10.2 Å². The lowest BCUT2D eigenvalue weighted by atomic mass is 9.84. The largest absolute Gasteiger partial charge is 0.494 e. The predicted octanol–water partition coefficient (Wildman–Crippen LogP) is 6.06. The molecule has 2 saturated heterocycles. The van der Waals surface area contributed by atoms with Crippen LogP contribution >= 0.6 is 0 Å². The van der Waals surface area contributed by atoms with Gasteiger partial charge in [0.1, 0.15) is 11.6 Å². The fraction of sp³-hybridized carbons (Fsp3) is 0.576. The highest BCUT2D eigenvalue weighted by Gasteiger charge is 2.45. The number of hydrogen-bond acceptors (Lipinski definition) is 7. The highest BCUT2D eigenvalue weighted by Crippen LogP contribution is 2.47. The van der Waals surface area contributed by atoms with Crippen molar-refractivity contribution >= 4 is 17.3 Å². The highest BCUT2D eigenvalue weighted by atomic mass is 19.1. The molecule has 2 atom stereocenters. The summed E-state index contributed by atoms with van der Waals surface area (Å²) in [6.07, 6.45) is 2.42. The second-order valence-corrected chi connectivity index (χ2v) is 12.9. The summed E-state index contributed by atoms with van der Waals surface area (Å²) in [5.74, 6) is 0.256. The molecule has 228 valence electrons. The van der Waals surface area contributed by atoms with Gasteiger partial charge < -0.3 is 28.7 Å². The molecule has 3 aliphatic rings. The Morgan fingerprint density at radius 2 is 1.71 bits per heavy atom. The Bertz CT molecular complexity index is 1390. The maximum Gasteiger partial charge on any atom is 0.197 e. The first-order chi connectivity index (χ1) is 19.8. The zero-order valence-electron chi connectivity index (χ0n) is 26.2. The summed E-state index contributed by atoms with van der Waals surface area (Å²) >= 11 is 0. The molecule has 0 aromatic heterocycles. The Balaban J connectivity index is 1.53. The number of halogens is 1. The van der Waals surface area contributed by atoms with Crippen LogP contribution in [0.2, 0.25) is 0 Å². The molecule has 3 aliphatic heterocycles. The van der Waals surface area contributed by atoms with Crippen molar-refractivity contribution in [1.82, 2.24) is 4.90 Å². The van der Waals surface area contributed by atoms with Crippen LogP contribution in [0.4, 0.5) is 10.1 Å². The first-order valence-electron chi connectivity index (χ1n) is 15.0. The van der Waals surface area contributed by atoms with Crippen molar-refractivity contribution < 1.29 is 28.1 Å². The third kappa shape index (κ3) is 5.10. The number of Topliss-reactive ketones (excluding diaryl/α,β-unsaturated/α-hetero) is 1. The average molecular weight is 582 g/mol. The van der Waals surface area contributed by atoms with E-state index < -0.39 is 11.4 Å². The van der Waals surface area contributed by atoms with E-state index in [1.165, 1.54) is 0 Å². The molecular weight excluding hydrogens is 537 g/mol. The van der Waals surface area contributed by atoms with Gasteiger partial charge in [-0.15, -0.1) is 0 Å². The topological polar surface area (TPSA) is 84.3 Å². The number of nitrogens with one attached hydrogen (secondary N) is 1. The normalized spacial score (nSPS) is 21.0. The molecule has 0 amide bonds. The van der Waals surface area contributed by atoms with Crippen molar-refractivity contribution in [3.63, 3.8) is 0 Å². The summed E-state index contributed by atoms with van der Waals surface area (Å²) < 4.78 is 39.3. The lowest BCUT2D eigenvalue weighted by Gasteiger charge is -2.37. The van der Waals surface area contributed by atoms with Gasteiger partial charge in [-0.25, -0.2) is 4.39 Å². The van der Waals surface area contributed by atoms with Crippen molar-refractivity contribution in [3.05, 3.63) is 46.3 Å². The average Bonchev–Trinajstić information content (AvgIpc) is 3.36. The standard InChI is InChI=1S/C33H44FN3O5/c1-9-40-26-15-22-27(28(34)30(26)41-10-2)31(35)37(33(22,6)7)18-25(38)19-13-23(32(3,4)5)29(39-8)24(14-19)36-16-20-11-12-21(17-36)42-20/h13-15,20-21,35H,9-12,16-18H2,1-8H3. The number of benzene rings is 2. The van der Waals surface area contributed by atoms with Gasteiger partial charge in [-0.2, -0.15) is 0 Å². The van der Waals surface area contributed by atoms with E-state index in [0.29, 0.717) is 23.5 Å². The lowest BCUT2D eigenvalue weighted by Crippen LogP contribution is -2.43. The molecule has 2 fully saturated rings. The minimum absolute atomic E-state index is 0.000852. The molecule has 2 aromatic rings. The Labute approximate surface area is 248 Å². The summed E-state index contributed by atoms with van der Waals surface area (Å²) in [6.45, 7) is 15.7. The first kappa shape index (κ1) is 30.1. The summed E-state index contributed by atoms with van der Waals surface area (Å²) in [5, 5.41) is 9.00. The maximum atomic E-state index is 15.9. The van der Waals surface area contributed by atoms with Crippen LogP contribution in [0.15, 0.2) is 18.2 Å². The van der Waals surface area contributed by atoms with Crippen LogP contribution in [-0.2, 0) is 15.7 Å². The van der Waals surface area contributed by atoms with Gasteiger partial charge in [-0.05, 0) is 69.7 Å². The van der Waals surface area contributed by atoms with Gasteiger partial charge in [0, 0.05) is 24.2 Å². The molecule has 2 unspecified atom stereocenters. The molecule has 2 aromatic carbocycles. The quantitative estimate of drug-likeness (QED) is 0.361. The van der Waals surface area contributed by atoms with Gasteiger partial charge in [0.05, 0.1) is 55.9 Å². The van der Waals surface area contributed by atoms with Crippen molar-refractivity contribution in [3.8, 4) is 17.2 Å². The summed E-state index contributed by atoms with van der Waals surface area (Å²) in [5.41, 5.74) is 2.00. The van der Waals surface area contributed by atoms with Gasteiger partial charge >= 0.3 is 0 Å². The van der Waals surface area contributed by atoms with Gasteiger partial charge in [0.15, 0.2) is 23.1 Å². The molecule has 1 N–H and O–H groups in total. The smallest absolute Gasteiger partial charge is 0.197 e. The Morgan fingerprint density at radius 3 is 2.29 bits per heavy atom. The molecule has 3 heterocycles. The maximum absolute atomic E-state index is 15.9. The van der Waals surface area contributed by atoms with Crippen LogP contribution in [0.25, 0.3) is 0 Å². The monoisotopic (exact) mass is 581 g/mol. The van der Waals surface area contributed by atoms with E-state index in [4.69, 9.17) is 24.4 Å². The summed E-state index contributed by atoms with van der Waals surface area (Å²) in [6, 6.07) is 5.59. The molecule has 0 spiro atoms. The minimum atomic E-state index is -0.828. The Kier molecular flexibility index (Phi) is 7.94. The molecule has 8 nitrogen and oxygen atoms in total. The molecule has 0 saturated carbocycles. The molecule has 9 heteroatoms. The third-order valence-corrected chi connectivity index (χ3v) is 8.71. The number of carbonyl (C=O) groups is 1. The van der Waals surface area contributed by atoms with Crippen LogP contribution in [0, 0.1) is 11.2 Å². The van der Waals surface area contributed by atoms with Crippen LogP contribution in [0.3, 0.4) is 0 Å². The van der Waals surface area contributed by atoms with Crippen LogP contribution < -0.4 is 19.1 Å². The SMILES string of the molecule is CCOc1cc2c(c(F)c1OCC)C(=N)N(CC(=O)c1cc(N3CC4CCC(C3)O4)c(OC)c(C(C)(C)C)c1)C2(C)C. The molecule has 42 heavy (non-hydrogen) atoms. The molecule has 2 bridgehead atoms. The van der Waals surface area contributed by atoms with Crippen LogP contribution in [0.1, 0.15) is 88.4 Å². The summed E-state index contributed by atoms with van der Waals surface area (Å²) in [4.78, 5) is 18.1. The fourth-order valence-corrected chi connectivity index (χ4v) is 6.53. The number of nitrogens with zero attached hydrogens (tertiary/aromatic N) is 2. The predicted molar refractivity (Wildman–Crippen MR) is 161 cm³/mol. The number of rotatable bonds is 9. The first-order valence-corrected chi connectivity index (χ1v) is 15.0.